The number of piperidine rings is 2. The molecule has 0 unspecified atom stereocenters. The zero-order chi connectivity index (χ0) is 11.7. The Morgan fingerprint density at radius 1 is 1.06 bits per heavy atom. The first-order valence-corrected chi connectivity index (χ1v) is 7.29. The number of likely N-dealkylation sites (tertiary alicyclic amines) is 1. The Morgan fingerprint density at radius 2 is 1.67 bits per heavy atom. The lowest BCUT2D eigenvalue weighted by Crippen LogP contribution is -2.49. The molecule has 0 aromatic rings. The highest BCUT2D eigenvalue weighted by atomic mass is 35.5. The molecule has 0 aromatic carbocycles. The third-order valence-corrected chi connectivity index (χ3v) is 5.25. The predicted molar refractivity (Wildman–Crippen MR) is 74.9 cm³/mol. The van der Waals surface area contributed by atoms with Gasteiger partial charge in [-0.15, -0.1) is 12.4 Å². The van der Waals surface area contributed by atoms with Crippen LogP contribution in [-0.2, 0) is 4.79 Å². The zero-order valence-corrected chi connectivity index (χ0v) is 11.9. The van der Waals surface area contributed by atoms with Crippen LogP contribution < -0.4 is 5.32 Å². The van der Waals surface area contributed by atoms with E-state index in [4.69, 9.17) is 0 Å². The third-order valence-electron chi connectivity index (χ3n) is 5.25. The number of hydrogen-bond donors (Lipinski definition) is 1. The molecule has 2 saturated heterocycles. The summed E-state index contributed by atoms with van der Waals surface area (Å²) in [5, 5.41) is 3.45. The largest absolute Gasteiger partial charge is 0.342 e. The first-order chi connectivity index (χ1) is 8.29. The van der Waals surface area contributed by atoms with Crippen molar-refractivity contribution in [3.05, 3.63) is 0 Å². The monoisotopic (exact) mass is 272 g/mol. The summed E-state index contributed by atoms with van der Waals surface area (Å²) in [6.45, 7) is 4.40. The van der Waals surface area contributed by atoms with Gasteiger partial charge < -0.3 is 10.2 Å². The second kappa shape index (κ2) is 5.79. The van der Waals surface area contributed by atoms with Gasteiger partial charge in [0.25, 0.3) is 0 Å². The van der Waals surface area contributed by atoms with Gasteiger partial charge in [0.2, 0.25) is 5.91 Å². The number of carbonyl (C=O) groups is 1. The molecule has 4 heteroatoms. The predicted octanol–water partition coefficient (Wildman–Crippen LogP) is 2.20. The van der Waals surface area contributed by atoms with Crippen molar-refractivity contribution in [2.75, 3.05) is 26.2 Å². The summed E-state index contributed by atoms with van der Waals surface area (Å²) in [6, 6.07) is 0. The Kier molecular flexibility index (Phi) is 4.54. The van der Waals surface area contributed by atoms with Crippen LogP contribution in [0.15, 0.2) is 0 Å². The molecule has 3 nitrogen and oxygen atoms in total. The molecule has 3 aliphatic rings. The molecule has 1 spiro atoms. The lowest BCUT2D eigenvalue weighted by Gasteiger charge is -2.45. The van der Waals surface area contributed by atoms with Crippen LogP contribution in [0.5, 0.6) is 0 Å². The fourth-order valence-electron chi connectivity index (χ4n) is 3.57. The van der Waals surface area contributed by atoms with Crippen LogP contribution in [0.25, 0.3) is 0 Å². The summed E-state index contributed by atoms with van der Waals surface area (Å²) in [4.78, 5) is 14.3. The fourth-order valence-corrected chi connectivity index (χ4v) is 3.57. The maximum Gasteiger partial charge on any atom is 0.225 e. The van der Waals surface area contributed by atoms with Gasteiger partial charge in [-0.05, 0) is 57.0 Å². The molecular weight excluding hydrogens is 248 g/mol. The van der Waals surface area contributed by atoms with Gasteiger partial charge in [0.1, 0.15) is 0 Å². The van der Waals surface area contributed by atoms with E-state index in [9.17, 15) is 4.79 Å². The summed E-state index contributed by atoms with van der Waals surface area (Å²) in [5.41, 5.74) is 0.571. The van der Waals surface area contributed by atoms with Gasteiger partial charge in [-0.3, -0.25) is 4.79 Å². The van der Waals surface area contributed by atoms with Crippen molar-refractivity contribution in [1.29, 1.82) is 0 Å². The van der Waals surface area contributed by atoms with Gasteiger partial charge in [0, 0.05) is 19.0 Å². The van der Waals surface area contributed by atoms with Gasteiger partial charge in [-0.2, -0.15) is 0 Å². The van der Waals surface area contributed by atoms with Crippen LogP contribution in [0.3, 0.4) is 0 Å². The van der Waals surface area contributed by atoms with Gasteiger partial charge in [-0.1, -0.05) is 6.42 Å². The topological polar surface area (TPSA) is 32.3 Å². The Labute approximate surface area is 116 Å². The molecule has 104 valence electrons. The molecule has 18 heavy (non-hydrogen) atoms. The van der Waals surface area contributed by atoms with Crippen LogP contribution in [0.1, 0.15) is 44.9 Å². The third kappa shape index (κ3) is 2.67. The Morgan fingerprint density at radius 3 is 2.17 bits per heavy atom. The molecule has 0 aromatic heterocycles. The van der Waals surface area contributed by atoms with E-state index in [2.05, 4.69) is 10.2 Å². The Bertz CT molecular complexity index is 288. The molecule has 2 heterocycles. The van der Waals surface area contributed by atoms with Crippen molar-refractivity contribution in [2.45, 2.75) is 44.9 Å². The van der Waals surface area contributed by atoms with Crippen molar-refractivity contribution in [3.8, 4) is 0 Å². The molecule has 0 radical (unpaired) electrons. The molecule has 1 aliphatic carbocycles. The first kappa shape index (κ1) is 14.1. The van der Waals surface area contributed by atoms with Crippen molar-refractivity contribution < 1.29 is 4.79 Å². The van der Waals surface area contributed by atoms with E-state index in [0.29, 0.717) is 17.2 Å². The molecule has 1 N–H and O–H groups in total. The lowest BCUT2D eigenvalue weighted by molar-refractivity contribution is -0.140. The maximum absolute atomic E-state index is 12.2. The van der Waals surface area contributed by atoms with E-state index < -0.39 is 0 Å². The molecular formula is C14H25ClN2O. The smallest absolute Gasteiger partial charge is 0.225 e. The Hall–Kier alpha value is -0.280. The molecule has 1 amide bonds. The minimum absolute atomic E-state index is 0. The average molecular weight is 273 g/mol. The van der Waals surface area contributed by atoms with Gasteiger partial charge in [-0.25, -0.2) is 0 Å². The summed E-state index contributed by atoms with van der Waals surface area (Å²) in [7, 11) is 0. The van der Waals surface area contributed by atoms with E-state index in [1.54, 1.807) is 0 Å². The Balaban J connectivity index is 0.00000120. The summed E-state index contributed by atoms with van der Waals surface area (Å²) < 4.78 is 0. The maximum atomic E-state index is 12.2. The van der Waals surface area contributed by atoms with Gasteiger partial charge in [0.15, 0.2) is 0 Å². The number of amides is 1. The van der Waals surface area contributed by atoms with Gasteiger partial charge in [0.05, 0.1) is 0 Å². The minimum atomic E-state index is 0. The number of halogens is 1. The van der Waals surface area contributed by atoms with Crippen LogP contribution in [0.4, 0.5) is 0 Å². The van der Waals surface area contributed by atoms with Crippen LogP contribution in [-0.4, -0.2) is 37.0 Å². The normalized spacial score (nSPS) is 27.4. The van der Waals surface area contributed by atoms with Crippen LogP contribution >= 0.6 is 12.4 Å². The van der Waals surface area contributed by atoms with E-state index in [-0.39, 0.29) is 12.4 Å². The number of rotatable bonds is 1. The summed E-state index contributed by atoms with van der Waals surface area (Å²) >= 11 is 0. The second-order valence-electron chi connectivity index (χ2n) is 6.20. The quantitative estimate of drug-likeness (QED) is 0.794. The van der Waals surface area contributed by atoms with E-state index >= 15 is 0 Å². The molecule has 3 fully saturated rings. The number of carbonyl (C=O) groups excluding carboxylic acids is 1. The van der Waals surface area contributed by atoms with Gasteiger partial charge >= 0.3 is 0 Å². The van der Waals surface area contributed by atoms with Crippen LogP contribution in [0.2, 0.25) is 0 Å². The van der Waals surface area contributed by atoms with E-state index in [0.717, 1.165) is 25.9 Å². The molecule has 1 saturated carbocycles. The average Bonchev–Trinajstić information content (AvgIpc) is 2.28. The molecule has 3 rings (SSSR count). The highest BCUT2D eigenvalue weighted by Crippen LogP contribution is 2.40. The van der Waals surface area contributed by atoms with E-state index in [1.807, 2.05) is 0 Å². The highest BCUT2D eigenvalue weighted by Gasteiger charge is 2.38. The summed E-state index contributed by atoms with van der Waals surface area (Å²) in [6.07, 6.45) is 8.67. The standard InChI is InChI=1S/C14H24N2O.ClH/c17-13(12-2-1-3-12)16-10-6-14(7-11-16)4-8-15-9-5-14;/h12,15H,1-11H2;1H. The van der Waals surface area contributed by atoms with Crippen molar-refractivity contribution >= 4 is 18.3 Å². The van der Waals surface area contributed by atoms with Crippen molar-refractivity contribution in [2.24, 2.45) is 11.3 Å². The SMILES string of the molecule is Cl.O=C(C1CCC1)N1CCC2(CCNCC2)CC1. The van der Waals surface area contributed by atoms with Crippen LogP contribution in [0, 0.1) is 11.3 Å². The minimum Gasteiger partial charge on any atom is -0.342 e. The molecule has 0 atom stereocenters. The summed E-state index contributed by atoms with van der Waals surface area (Å²) in [5.74, 6) is 0.845. The molecule has 2 aliphatic heterocycles. The lowest BCUT2D eigenvalue weighted by atomic mass is 9.71. The second-order valence-corrected chi connectivity index (χ2v) is 6.20. The van der Waals surface area contributed by atoms with E-state index in [1.165, 1.54) is 45.2 Å². The zero-order valence-electron chi connectivity index (χ0n) is 11.1. The number of nitrogens with one attached hydrogen (secondary N) is 1. The first-order valence-electron chi connectivity index (χ1n) is 7.29. The number of hydrogen-bond acceptors (Lipinski definition) is 2. The number of nitrogens with zero attached hydrogens (tertiary/aromatic N) is 1. The fraction of sp³-hybridized carbons (Fsp3) is 0.929. The van der Waals surface area contributed by atoms with Crippen molar-refractivity contribution in [3.63, 3.8) is 0 Å². The highest BCUT2D eigenvalue weighted by molar-refractivity contribution is 5.85. The van der Waals surface area contributed by atoms with Crippen molar-refractivity contribution in [1.82, 2.24) is 10.2 Å². The molecule has 0 bridgehead atoms.